The van der Waals surface area contributed by atoms with Crippen LogP contribution in [0.1, 0.15) is 5.56 Å². The number of benzene rings is 2. The number of anilines is 1. The molecular weight excluding hydrogens is 376 g/mol. The van der Waals surface area contributed by atoms with E-state index in [9.17, 15) is 4.79 Å². The molecule has 5 heteroatoms. The Hall–Kier alpha value is -1.52. The summed E-state index contributed by atoms with van der Waals surface area (Å²) in [5.41, 5.74) is 2.21. The summed E-state index contributed by atoms with van der Waals surface area (Å²) < 4.78 is 1.01. The molecule has 23 heavy (non-hydrogen) atoms. The molecule has 0 bridgehead atoms. The van der Waals surface area contributed by atoms with Gasteiger partial charge in [0.15, 0.2) is 0 Å². The van der Waals surface area contributed by atoms with E-state index < -0.39 is 0 Å². The predicted octanol–water partition coefficient (Wildman–Crippen LogP) is 3.99. The maximum atomic E-state index is 12.4. The molecule has 0 saturated carbocycles. The van der Waals surface area contributed by atoms with E-state index in [1.807, 2.05) is 53.4 Å². The Labute approximate surface area is 150 Å². The lowest BCUT2D eigenvalue weighted by atomic mass is 10.1. The fourth-order valence-corrected chi connectivity index (χ4v) is 3.37. The standard InChI is InChI=1S/C18H18BrClN2O/c19-15-3-1-2-14(12-15)13-18(23)22-10-8-21(9-11-22)17-6-4-16(20)5-7-17/h1-7,12H,8-11,13H2. The molecule has 1 amide bonds. The van der Waals surface area contributed by atoms with Crippen LogP contribution in [0.3, 0.4) is 0 Å². The normalized spacial score (nSPS) is 14.9. The number of hydrogen-bond donors (Lipinski definition) is 0. The monoisotopic (exact) mass is 392 g/mol. The molecule has 1 fully saturated rings. The number of piperazine rings is 1. The molecule has 0 aliphatic carbocycles. The molecule has 0 radical (unpaired) electrons. The van der Waals surface area contributed by atoms with Crippen LogP contribution in [0.4, 0.5) is 5.69 Å². The van der Waals surface area contributed by atoms with Gasteiger partial charge in [0.25, 0.3) is 0 Å². The van der Waals surface area contributed by atoms with Crippen molar-refractivity contribution >= 4 is 39.1 Å². The van der Waals surface area contributed by atoms with Crippen molar-refractivity contribution in [3.63, 3.8) is 0 Å². The van der Waals surface area contributed by atoms with Gasteiger partial charge in [0.05, 0.1) is 6.42 Å². The van der Waals surface area contributed by atoms with Gasteiger partial charge in [-0.15, -0.1) is 0 Å². The zero-order chi connectivity index (χ0) is 16.2. The third-order valence-electron chi connectivity index (χ3n) is 4.07. The summed E-state index contributed by atoms with van der Waals surface area (Å²) in [6, 6.07) is 15.8. The molecule has 1 heterocycles. The fourth-order valence-electron chi connectivity index (χ4n) is 2.80. The SMILES string of the molecule is O=C(Cc1cccc(Br)c1)N1CCN(c2ccc(Cl)cc2)CC1. The number of carbonyl (C=O) groups excluding carboxylic acids is 1. The molecule has 2 aromatic carbocycles. The Bertz CT molecular complexity index is 682. The summed E-state index contributed by atoms with van der Waals surface area (Å²) in [6.45, 7) is 3.22. The lowest BCUT2D eigenvalue weighted by molar-refractivity contribution is -0.130. The molecule has 0 unspecified atom stereocenters. The van der Waals surface area contributed by atoms with Crippen molar-refractivity contribution in [1.29, 1.82) is 0 Å². The van der Waals surface area contributed by atoms with Crippen molar-refractivity contribution in [3.05, 3.63) is 63.6 Å². The number of nitrogens with zero attached hydrogens (tertiary/aromatic N) is 2. The lowest BCUT2D eigenvalue weighted by Crippen LogP contribution is -2.49. The van der Waals surface area contributed by atoms with Gasteiger partial charge >= 0.3 is 0 Å². The molecule has 0 N–H and O–H groups in total. The topological polar surface area (TPSA) is 23.6 Å². The highest BCUT2D eigenvalue weighted by Gasteiger charge is 2.21. The lowest BCUT2D eigenvalue weighted by Gasteiger charge is -2.36. The van der Waals surface area contributed by atoms with E-state index in [-0.39, 0.29) is 5.91 Å². The number of hydrogen-bond acceptors (Lipinski definition) is 2. The molecule has 2 aromatic rings. The summed E-state index contributed by atoms with van der Waals surface area (Å²) in [5, 5.41) is 0.747. The minimum Gasteiger partial charge on any atom is -0.368 e. The van der Waals surface area contributed by atoms with Gasteiger partial charge in [0.1, 0.15) is 0 Å². The van der Waals surface area contributed by atoms with Crippen LogP contribution in [0.25, 0.3) is 0 Å². The van der Waals surface area contributed by atoms with Crippen molar-refractivity contribution in [2.75, 3.05) is 31.1 Å². The van der Waals surface area contributed by atoms with Crippen LogP contribution in [0.5, 0.6) is 0 Å². The summed E-state index contributed by atoms with van der Waals surface area (Å²) in [7, 11) is 0. The molecule has 1 aliphatic heterocycles. The quantitative estimate of drug-likeness (QED) is 0.787. The van der Waals surface area contributed by atoms with Gasteiger partial charge in [-0.3, -0.25) is 4.79 Å². The first kappa shape index (κ1) is 16.3. The molecule has 120 valence electrons. The van der Waals surface area contributed by atoms with Gasteiger partial charge in [0, 0.05) is 41.4 Å². The van der Waals surface area contributed by atoms with Gasteiger partial charge < -0.3 is 9.80 Å². The fraction of sp³-hybridized carbons (Fsp3) is 0.278. The predicted molar refractivity (Wildman–Crippen MR) is 98.1 cm³/mol. The smallest absolute Gasteiger partial charge is 0.227 e. The van der Waals surface area contributed by atoms with Crippen molar-refractivity contribution in [3.8, 4) is 0 Å². The van der Waals surface area contributed by atoms with Gasteiger partial charge in [-0.25, -0.2) is 0 Å². The van der Waals surface area contributed by atoms with Crippen LogP contribution in [0, 0.1) is 0 Å². The van der Waals surface area contributed by atoms with E-state index >= 15 is 0 Å². The van der Waals surface area contributed by atoms with Crippen molar-refractivity contribution < 1.29 is 4.79 Å². The number of rotatable bonds is 3. The first-order chi connectivity index (χ1) is 11.1. The van der Waals surface area contributed by atoms with E-state index in [0.29, 0.717) is 6.42 Å². The first-order valence-electron chi connectivity index (χ1n) is 7.64. The largest absolute Gasteiger partial charge is 0.368 e. The Balaban J connectivity index is 1.56. The number of halogens is 2. The maximum absolute atomic E-state index is 12.4. The Morgan fingerprint density at radius 1 is 1.04 bits per heavy atom. The zero-order valence-corrected chi connectivity index (χ0v) is 15.1. The average molecular weight is 394 g/mol. The highest BCUT2D eigenvalue weighted by atomic mass is 79.9. The van der Waals surface area contributed by atoms with E-state index in [4.69, 9.17) is 11.6 Å². The molecular formula is C18H18BrClN2O. The van der Waals surface area contributed by atoms with E-state index in [1.165, 1.54) is 0 Å². The zero-order valence-electron chi connectivity index (χ0n) is 12.7. The van der Waals surface area contributed by atoms with E-state index in [0.717, 1.165) is 46.9 Å². The van der Waals surface area contributed by atoms with Gasteiger partial charge in [-0.05, 0) is 42.0 Å². The molecule has 3 rings (SSSR count). The van der Waals surface area contributed by atoms with Crippen LogP contribution in [0.2, 0.25) is 5.02 Å². The highest BCUT2D eigenvalue weighted by molar-refractivity contribution is 9.10. The Morgan fingerprint density at radius 2 is 1.74 bits per heavy atom. The van der Waals surface area contributed by atoms with Crippen LogP contribution in [-0.2, 0) is 11.2 Å². The van der Waals surface area contributed by atoms with Crippen molar-refractivity contribution in [2.45, 2.75) is 6.42 Å². The Kier molecular flexibility index (Phi) is 5.23. The van der Waals surface area contributed by atoms with E-state index in [1.54, 1.807) is 0 Å². The van der Waals surface area contributed by atoms with E-state index in [2.05, 4.69) is 20.8 Å². The molecule has 0 aromatic heterocycles. The molecule has 0 spiro atoms. The summed E-state index contributed by atoms with van der Waals surface area (Å²) >= 11 is 9.37. The van der Waals surface area contributed by atoms with Crippen molar-refractivity contribution in [2.24, 2.45) is 0 Å². The maximum Gasteiger partial charge on any atom is 0.227 e. The van der Waals surface area contributed by atoms with Crippen LogP contribution in [-0.4, -0.2) is 37.0 Å². The molecule has 1 aliphatic rings. The van der Waals surface area contributed by atoms with Crippen LogP contribution in [0.15, 0.2) is 53.0 Å². The van der Waals surface area contributed by atoms with Crippen LogP contribution >= 0.6 is 27.5 Å². The minimum absolute atomic E-state index is 0.193. The summed E-state index contributed by atoms with van der Waals surface area (Å²) in [6.07, 6.45) is 0.459. The number of carbonyl (C=O) groups is 1. The second-order valence-electron chi connectivity index (χ2n) is 5.65. The van der Waals surface area contributed by atoms with Crippen LogP contribution < -0.4 is 4.90 Å². The first-order valence-corrected chi connectivity index (χ1v) is 8.82. The van der Waals surface area contributed by atoms with Gasteiger partial charge in [-0.1, -0.05) is 39.7 Å². The molecule has 0 atom stereocenters. The third kappa shape index (κ3) is 4.27. The highest BCUT2D eigenvalue weighted by Crippen LogP contribution is 2.20. The molecule has 3 nitrogen and oxygen atoms in total. The summed E-state index contributed by atoms with van der Waals surface area (Å²) in [5.74, 6) is 0.193. The Morgan fingerprint density at radius 3 is 2.39 bits per heavy atom. The number of amides is 1. The van der Waals surface area contributed by atoms with Gasteiger partial charge in [-0.2, -0.15) is 0 Å². The average Bonchev–Trinajstić information content (AvgIpc) is 2.56. The second kappa shape index (κ2) is 7.37. The van der Waals surface area contributed by atoms with Gasteiger partial charge in [0.2, 0.25) is 5.91 Å². The van der Waals surface area contributed by atoms with Crippen molar-refractivity contribution in [1.82, 2.24) is 4.90 Å². The second-order valence-corrected chi connectivity index (χ2v) is 7.00. The minimum atomic E-state index is 0.193. The third-order valence-corrected chi connectivity index (χ3v) is 4.81. The molecule has 1 saturated heterocycles. The summed E-state index contributed by atoms with van der Waals surface area (Å²) in [4.78, 5) is 16.7.